The molecule has 0 fully saturated rings. The lowest BCUT2D eigenvalue weighted by atomic mass is 9.67. The molecule has 0 aliphatic heterocycles. The van der Waals surface area contributed by atoms with Crippen LogP contribution in [0.3, 0.4) is 0 Å². The van der Waals surface area contributed by atoms with E-state index in [1.54, 1.807) is 0 Å². The molecule has 0 bridgehead atoms. The standard InChI is InChI=1S/C30H60O2/c1-5-9-11-13-15-17-19-21-23-25-27-30(8-4,29(31)32)28(7-3)26-24-22-20-18-16-14-12-10-6-2/h28H,5-27H2,1-4H3,(H,31,32). The quantitative estimate of drug-likeness (QED) is 0.140. The van der Waals surface area contributed by atoms with Crippen LogP contribution in [0.2, 0.25) is 0 Å². The van der Waals surface area contributed by atoms with Gasteiger partial charge in [0.25, 0.3) is 0 Å². The molecule has 0 saturated heterocycles. The maximum Gasteiger partial charge on any atom is 0.309 e. The van der Waals surface area contributed by atoms with Crippen LogP contribution in [0.15, 0.2) is 0 Å². The first-order valence-electron chi connectivity index (χ1n) is 14.8. The lowest BCUT2D eigenvalue weighted by Gasteiger charge is -2.36. The third kappa shape index (κ3) is 14.6. The summed E-state index contributed by atoms with van der Waals surface area (Å²) in [6.07, 6.45) is 28.9. The van der Waals surface area contributed by atoms with Gasteiger partial charge in [-0.3, -0.25) is 4.79 Å². The maximum absolute atomic E-state index is 12.4. The summed E-state index contributed by atoms with van der Waals surface area (Å²) in [6, 6.07) is 0. The van der Waals surface area contributed by atoms with Gasteiger partial charge >= 0.3 is 5.97 Å². The van der Waals surface area contributed by atoms with E-state index in [4.69, 9.17) is 0 Å². The van der Waals surface area contributed by atoms with Gasteiger partial charge in [0, 0.05) is 0 Å². The second-order valence-electron chi connectivity index (χ2n) is 10.5. The molecule has 0 aliphatic rings. The third-order valence-electron chi connectivity index (χ3n) is 7.96. The second kappa shape index (κ2) is 22.3. The van der Waals surface area contributed by atoms with E-state index in [0.29, 0.717) is 5.92 Å². The summed E-state index contributed by atoms with van der Waals surface area (Å²) in [5.41, 5.74) is -0.491. The molecule has 0 amide bonds. The van der Waals surface area contributed by atoms with Gasteiger partial charge in [-0.2, -0.15) is 0 Å². The van der Waals surface area contributed by atoms with Gasteiger partial charge in [-0.1, -0.05) is 156 Å². The molecule has 0 rings (SSSR count). The van der Waals surface area contributed by atoms with Crippen LogP contribution in [0.25, 0.3) is 0 Å². The average Bonchev–Trinajstić information content (AvgIpc) is 2.79. The van der Waals surface area contributed by atoms with Gasteiger partial charge < -0.3 is 5.11 Å². The van der Waals surface area contributed by atoms with Crippen molar-refractivity contribution in [1.82, 2.24) is 0 Å². The summed E-state index contributed by atoms with van der Waals surface area (Å²) >= 11 is 0. The Labute approximate surface area is 202 Å². The molecular formula is C30H60O2. The Morgan fingerprint density at radius 2 is 0.969 bits per heavy atom. The van der Waals surface area contributed by atoms with Crippen LogP contribution in [-0.2, 0) is 4.79 Å². The van der Waals surface area contributed by atoms with Crippen molar-refractivity contribution in [3.8, 4) is 0 Å². The number of carbonyl (C=O) groups is 1. The molecule has 2 unspecified atom stereocenters. The fourth-order valence-electron chi connectivity index (χ4n) is 5.60. The van der Waals surface area contributed by atoms with Crippen LogP contribution in [0.5, 0.6) is 0 Å². The van der Waals surface area contributed by atoms with Crippen molar-refractivity contribution < 1.29 is 9.90 Å². The van der Waals surface area contributed by atoms with Gasteiger partial charge in [-0.15, -0.1) is 0 Å². The Morgan fingerprint density at radius 1 is 0.594 bits per heavy atom. The number of hydrogen-bond donors (Lipinski definition) is 1. The molecule has 32 heavy (non-hydrogen) atoms. The van der Waals surface area contributed by atoms with Crippen molar-refractivity contribution in [3.63, 3.8) is 0 Å². The first-order chi connectivity index (χ1) is 15.6. The van der Waals surface area contributed by atoms with E-state index in [1.807, 2.05) is 0 Å². The highest BCUT2D eigenvalue weighted by atomic mass is 16.4. The molecule has 192 valence electrons. The number of aliphatic carboxylic acids is 1. The lowest BCUT2D eigenvalue weighted by Crippen LogP contribution is -2.38. The molecule has 0 aromatic carbocycles. The minimum Gasteiger partial charge on any atom is -0.481 e. The van der Waals surface area contributed by atoms with Gasteiger partial charge in [0.1, 0.15) is 0 Å². The first kappa shape index (κ1) is 31.5. The number of carboxylic acid groups (broad SMARTS) is 1. The highest BCUT2D eigenvalue weighted by molar-refractivity contribution is 5.75. The Bertz CT molecular complexity index is 406. The molecule has 0 aromatic rings. The largest absolute Gasteiger partial charge is 0.481 e. The van der Waals surface area contributed by atoms with Crippen LogP contribution >= 0.6 is 0 Å². The van der Waals surface area contributed by atoms with Crippen molar-refractivity contribution in [3.05, 3.63) is 0 Å². The fraction of sp³-hybridized carbons (Fsp3) is 0.967. The lowest BCUT2D eigenvalue weighted by molar-refractivity contribution is -0.154. The van der Waals surface area contributed by atoms with E-state index in [9.17, 15) is 9.90 Å². The minimum absolute atomic E-state index is 0.341. The van der Waals surface area contributed by atoms with Gasteiger partial charge in [0.05, 0.1) is 5.41 Å². The third-order valence-corrected chi connectivity index (χ3v) is 7.96. The monoisotopic (exact) mass is 452 g/mol. The Balaban J connectivity index is 4.20. The van der Waals surface area contributed by atoms with Crippen molar-refractivity contribution in [1.29, 1.82) is 0 Å². The van der Waals surface area contributed by atoms with Gasteiger partial charge in [0.15, 0.2) is 0 Å². The predicted octanol–water partition coefficient (Wildman–Crippen LogP) is 10.7. The van der Waals surface area contributed by atoms with E-state index < -0.39 is 11.4 Å². The molecule has 0 aromatic heterocycles. The highest BCUT2D eigenvalue weighted by Crippen LogP contribution is 2.42. The first-order valence-corrected chi connectivity index (χ1v) is 14.8. The van der Waals surface area contributed by atoms with Crippen molar-refractivity contribution in [2.75, 3.05) is 0 Å². The average molecular weight is 453 g/mol. The second-order valence-corrected chi connectivity index (χ2v) is 10.5. The zero-order valence-electron chi connectivity index (χ0n) is 22.7. The summed E-state index contributed by atoms with van der Waals surface area (Å²) in [7, 11) is 0. The Morgan fingerprint density at radius 3 is 1.31 bits per heavy atom. The fourth-order valence-corrected chi connectivity index (χ4v) is 5.60. The topological polar surface area (TPSA) is 37.3 Å². The zero-order chi connectivity index (χ0) is 23.9. The van der Waals surface area contributed by atoms with E-state index in [2.05, 4.69) is 27.7 Å². The van der Waals surface area contributed by atoms with Crippen LogP contribution in [0.1, 0.15) is 175 Å². The summed E-state index contributed by atoms with van der Waals surface area (Å²) in [5.74, 6) is -0.188. The van der Waals surface area contributed by atoms with Crippen LogP contribution in [0.4, 0.5) is 0 Å². The molecule has 0 spiro atoms. The molecule has 2 nitrogen and oxygen atoms in total. The number of unbranched alkanes of at least 4 members (excludes halogenated alkanes) is 17. The summed E-state index contributed by atoms with van der Waals surface area (Å²) in [4.78, 5) is 12.4. The Kier molecular flexibility index (Phi) is 21.9. The van der Waals surface area contributed by atoms with Crippen LogP contribution in [0, 0.1) is 11.3 Å². The zero-order valence-corrected chi connectivity index (χ0v) is 22.7. The van der Waals surface area contributed by atoms with E-state index in [1.165, 1.54) is 116 Å². The molecule has 1 N–H and O–H groups in total. The van der Waals surface area contributed by atoms with Crippen LogP contribution in [-0.4, -0.2) is 11.1 Å². The maximum atomic E-state index is 12.4. The molecular weight excluding hydrogens is 392 g/mol. The number of hydrogen-bond acceptors (Lipinski definition) is 1. The molecule has 0 aliphatic carbocycles. The number of carboxylic acids is 1. The van der Waals surface area contributed by atoms with E-state index in [-0.39, 0.29) is 0 Å². The summed E-state index contributed by atoms with van der Waals surface area (Å²) in [5, 5.41) is 10.2. The van der Waals surface area contributed by atoms with Crippen molar-refractivity contribution in [2.24, 2.45) is 11.3 Å². The highest BCUT2D eigenvalue weighted by Gasteiger charge is 2.42. The van der Waals surface area contributed by atoms with Crippen LogP contribution < -0.4 is 0 Å². The Hall–Kier alpha value is -0.530. The predicted molar refractivity (Wildman–Crippen MR) is 142 cm³/mol. The molecule has 2 atom stereocenters. The molecule has 0 heterocycles. The number of rotatable bonds is 25. The van der Waals surface area contributed by atoms with Gasteiger partial charge in [-0.05, 0) is 25.2 Å². The smallest absolute Gasteiger partial charge is 0.309 e. The summed E-state index contributed by atoms with van der Waals surface area (Å²) in [6.45, 7) is 8.87. The molecule has 0 radical (unpaired) electrons. The molecule has 0 saturated carbocycles. The van der Waals surface area contributed by atoms with Crippen molar-refractivity contribution >= 4 is 5.97 Å². The van der Waals surface area contributed by atoms with E-state index in [0.717, 1.165) is 32.1 Å². The van der Waals surface area contributed by atoms with Gasteiger partial charge in [-0.25, -0.2) is 0 Å². The minimum atomic E-state index is -0.529. The van der Waals surface area contributed by atoms with Gasteiger partial charge in [0.2, 0.25) is 0 Å². The normalized spacial score (nSPS) is 14.4. The van der Waals surface area contributed by atoms with E-state index >= 15 is 0 Å². The molecule has 2 heteroatoms. The summed E-state index contributed by atoms with van der Waals surface area (Å²) < 4.78 is 0. The van der Waals surface area contributed by atoms with Crippen molar-refractivity contribution in [2.45, 2.75) is 175 Å². The SMILES string of the molecule is CCCCCCCCCCCCC(CC)(C(=O)O)C(CC)CCCCCCCCCCC.